The number of rotatable bonds is 8. The molecule has 0 amide bonds. The first-order chi connectivity index (χ1) is 6.56. The van der Waals surface area contributed by atoms with Crippen molar-refractivity contribution in [2.45, 2.75) is 18.9 Å². The van der Waals surface area contributed by atoms with Crippen molar-refractivity contribution in [2.75, 3.05) is 11.9 Å². The Morgan fingerprint density at radius 2 is 1.93 bits per heavy atom. The van der Waals surface area contributed by atoms with E-state index >= 15 is 0 Å². The molecule has 8 nitrogen and oxygen atoms in total. The molecule has 0 aliphatic carbocycles. The highest BCUT2D eigenvalue weighted by Gasteiger charge is 2.14. The Hall–Kier alpha value is -1.12. The van der Waals surface area contributed by atoms with Crippen LogP contribution in [0.25, 0.3) is 0 Å². The fraction of sp³-hybridized carbons (Fsp3) is 1.00. The van der Waals surface area contributed by atoms with Gasteiger partial charge in [0.1, 0.15) is 12.7 Å². The Labute approximate surface area is 87.5 Å². The smallest absolute Gasteiger partial charge is 0.294 e. The molecule has 0 saturated carbocycles. The second-order valence-corrected chi connectivity index (χ2v) is 3.09. The van der Waals surface area contributed by atoms with Gasteiger partial charge in [-0.2, -0.15) is 0 Å². The zero-order valence-electron chi connectivity index (χ0n) is 7.13. The zero-order chi connectivity index (χ0) is 11.0. The quantitative estimate of drug-likeness (QED) is 0.370. The van der Waals surface area contributed by atoms with E-state index in [-0.39, 0.29) is 0 Å². The highest BCUT2D eigenvalue weighted by Crippen LogP contribution is 2.05. The summed E-state index contributed by atoms with van der Waals surface area (Å²) in [5.41, 5.74) is 0. The molecular weight excluding hydrogens is 264 g/mol. The van der Waals surface area contributed by atoms with Crippen LogP contribution in [0.1, 0.15) is 12.8 Å². The Bertz CT molecular complexity index is 201. The van der Waals surface area contributed by atoms with E-state index in [9.17, 15) is 20.2 Å². The summed E-state index contributed by atoms with van der Waals surface area (Å²) in [6.07, 6.45) is 0.0348. The normalized spacial score (nSPS) is 11.8. The van der Waals surface area contributed by atoms with Gasteiger partial charge in [-0.1, -0.05) is 15.9 Å². The number of alkyl halides is 1. The molecule has 0 spiro atoms. The van der Waals surface area contributed by atoms with E-state index in [1.54, 1.807) is 0 Å². The van der Waals surface area contributed by atoms with Gasteiger partial charge in [-0.15, -0.1) is 20.2 Å². The van der Waals surface area contributed by atoms with Crippen LogP contribution in [0, 0.1) is 20.2 Å². The minimum Gasteiger partial charge on any atom is -0.312 e. The average molecular weight is 273 g/mol. The third kappa shape index (κ3) is 7.53. The lowest BCUT2D eigenvalue weighted by Crippen LogP contribution is -2.24. The first-order valence-electron chi connectivity index (χ1n) is 3.70. The van der Waals surface area contributed by atoms with Gasteiger partial charge in [0.25, 0.3) is 10.2 Å². The minimum atomic E-state index is -1.01. The Morgan fingerprint density at radius 3 is 2.36 bits per heavy atom. The molecule has 0 aliphatic rings. The van der Waals surface area contributed by atoms with Crippen LogP contribution in [0.2, 0.25) is 0 Å². The maximum atomic E-state index is 9.96. The molecule has 0 aliphatic heterocycles. The number of halogens is 1. The lowest BCUT2D eigenvalue weighted by atomic mass is 10.2. The van der Waals surface area contributed by atoms with Crippen molar-refractivity contribution in [2.24, 2.45) is 0 Å². The largest absolute Gasteiger partial charge is 0.312 e. The summed E-state index contributed by atoms with van der Waals surface area (Å²) in [7, 11) is 0. The summed E-state index contributed by atoms with van der Waals surface area (Å²) in [6.45, 7) is -0.430. The van der Waals surface area contributed by atoms with Gasteiger partial charge in [0.2, 0.25) is 0 Å². The van der Waals surface area contributed by atoms with Crippen molar-refractivity contribution < 1.29 is 19.8 Å². The molecule has 82 valence electrons. The lowest BCUT2D eigenvalue weighted by Gasteiger charge is -2.12. The molecule has 14 heavy (non-hydrogen) atoms. The number of nitrogens with zero attached hydrogens (tertiary/aromatic N) is 2. The SMILES string of the molecule is O=[N+]([O-])OCC(CCCBr)O[N+](=O)[O-]. The second kappa shape index (κ2) is 7.30. The summed E-state index contributed by atoms with van der Waals surface area (Å²) < 4.78 is 0. The monoisotopic (exact) mass is 272 g/mol. The fourth-order valence-electron chi connectivity index (χ4n) is 0.737. The van der Waals surface area contributed by atoms with Crippen LogP contribution in [0.4, 0.5) is 0 Å². The first kappa shape index (κ1) is 12.9. The summed E-state index contributed by atoms with van der Waals surface area (Å²) in [5.74, 6) is 0. The van der Waals surface area contributed by atoms with Crippen molar-refractivity contribution in [3.63, 3.8) is 0 Å². The summed E-state index contributed by atoms with van der Waals surface area (Å²) >= 11 is 3.12. The minimum absolute atomic E-state index is 0.320. The van der Waals surface area contributed by atoms with Crippen LogP contribution in [0.3, 0.4) is 0 Å². The van der Waals surface area contributed by atoms with Gasteiger partial charge in [0, 0.05) is 5.33 Å². The second-order valence-electron chi connectivity index (χ2n) is 2.30. The third-order valence-electron chi connectivity index (χ3n) is 1.26. The van der Waals surface area contributed by atoms with Gasteiger partial charge in [0.05, 0.1) is 0 Å². The van der Waals surface area contributed by atoms with E-state index in [1.165, 1.54) is 0 Å². The molecule has 0 heterocycles. The van der Waals surface area contributed by atoms with Crippen molar-refractivity contribution in [1.29, 1.82) is 0 Å². The molecule has 0 aromatic carbocycles. The zero-order valence-corrected chi connectivity index (χ0v) is 8.71. The Morgan fingerprint density at radius 1 is 1.29 bits per heavy atom. The molecule has 0 fully saturated rings. The number of hydrogen-bond acceptors (Lipinski definition) is 6. The standard InChI is InChI=1S/C5H9BrN2O6/c6-3-1-2-5(14-8(11)12)4-13-7(9)10/h5H,1-4H2. The lowest BCUT2D eigenvalue weighted by molar-refractivity contribution is -0.790. The van der Waals surface area contributed by atoms with Gasteiger partial charge in [-0.05, 0) is 12.8 Å². The van der Waals surface area contributed by atoms with Crippen LogP contribution in [-0.4, -0.2) is 28.2 Å². The highest BCUT2D eigenvalue weighted by molar-refractivity contribution is 9.09. The third-order valence-corrected chi connectivity index (χ3v) is 1.82. The molecule has 0 bridgehead atoms. The van der Waals surface area contributed by atoms with Crippen LogP contribution < -0.4 is 0 Å². The number of hydrogen-bond donors (Lipinski definition) is 0. The van der Waals surface area contributed by atoms with Crippen molar-refractivity contribution >= 4 is 15.9 Å². The van der Waals surface area contributed by atoms with Crippen LogP contribution in [0.5, 0.6) is 0 Å². The van der Waals surface area contributed by atoms with Crippen LogP contribution in [-0.2, 0) is 9.68 Å². The maximum absolute atomic E-state index is 9.96. The molecule has 0 N–H and O–H groups in total. The van der Waals surface area contributed by atoms with Crippen molar-refractivity contribution in [3.8, 4) is 0 Å². The molecule has 0 aromatic heterocycles. The Kier molecular flexibility index (Phi) is 6.72. The van der Waals surface area contributed by atoms with Gasteiger partial charge in [-0.3, -0.25) is 0 Å². The summed E-state index contributed by atoms with van der Waals surface area (Å²) in [5, 5.41) is 18.4. The van der Waals surface area contributed by atoms with E-state index in [0.29, 0.717) is 18.2 Å². The molecule has 9 heteroatoms. The van der Waals surface area contributed by atoms with E-state index in [2.05, 4.69) is 25.6 Å². The summed E-state index contributed by atoms with van der Waals surface area (Å²) in [4.78, 5) is 27.9. The maximum Gasteiger partial charge on any atom is 0.294 e. The highest BCUT2D eigenvalue weighted by atomic mass is 79.9. The topological polar surface area (TPSA) is 105 Å². The average Bonchev–Trinajstić information content (AvgIpc) is 2.09. The van der Waals surface area contributed by atoms with Gasteiger partial charge >= 0.3 is 0 Å². The van der Waals surface area contributed by atoms with Gasteiger partial charge < -0.3 is 9.68 Å². The van der Waals surface area contributed by atoms with Gasteiger partial charge in [-0.25, -0.2) is 0 Å². The van der Waals surface area contributed by atoms with E-state index < -0.39 is 22.9 Å². The van der Waals surface area contributed by atoms with E-state index in [4.69, 9.17) is 0 Å². The molecule has 0 radical (unpaired) electrons. The van der Waals surface area contributed by atoms with Crippen LogP contribution >= 0.6 is 15.9 Å². The van der Waals surface area contributed by atoms with E-state index in [0.717, 1.165) is 0 Å². The van der Waals surface area contributed by atoms with Crippen molar-refractivity contribution in [1.82, 2.24) is 0 Å². The predicted octanol–water partition coefficient (Wildman–Crippen LogP) is 0.947. The molecular formula is C5H9BrN2O6. The van der Waals surface area contributed by atoms with Gasteiger partial charge in [0.15, 0.2) is 0 Å². The van der Waals surface area contributed by atoms with E-state index in [1.807, 2.05) is 0 Å². The predicted molar refractivity (Wildman–Crippen MR) is 47.8 cm³/mol. The van der Waals surface area contributed by atoms with Crippen LogP contribution in [0.15, 0.2) is 0 Å². The molecule has 1 unspecified atom stereocenters. The van der Waals surface area contributed by atoms with Crippen molar-refractivity contribution in [3.05, 3.63) is 20.2 Å². The molecule has 0 rings (SSSR count). The summed E-state index contributed by atoms with van der Waals surface area (Å²) in [6, 6.07) is 0. The fourth-order valence-corrected chi connectivity index (χ4v) is 1.06. The molecule has 1 atom stereocenters. The Balaban J connectivity index is 3.83. The molecule has 0 aromatic rings. The first-order valence-corrected chi connectivity index (χ1v) is 4.83. The molecule has 0 saturated heterocycles.